The van der Waals surface area contributed by atoms with Crippen molar-refractivity contribution in [3.05, 3.63) is 60.8 Å². The Kier molecular flexibility index (Phi) is 44.6. The molecule has 370 valence electrons. The maximum Gasteiger partial charge on any atom is 0.472 e. The predicted octanol–water partition coefficient (Wildman–Crippen LogP) is 14.0. The van der Waals surface area contributed by atoms with Gasteiger partial charge in [-0.2, -0.15) is 0 Å². The summed E-state index contributed by atoms with van der Waals surface area (Å²) in [7, 11) is -4.75. The Balaban J connectivity index is 4.81. The van der Waals surface area contributed by atoms with Gasteiger partial charge in [-0.3, -0.25) is 23.4 Å². The quantitative estimate of drug-likeness (QED) is 0.0197. The highest BCUT2D eigenvalue weighted by Gasteiger charge is 2.28. The molecule has 0 fully saturated rings. The van der Waals surface area contributed by atoms with Gasteiger partial charge in [0, 0.05) is 19.3 Å². The third kappa shape index (κ3) is 44.4. The minimum atomic E-state index is -4.75. The average Bonchev–Trinajstić information content (AvgIpc) is 3.28. The third-order valence-corrected chi connectivity index (χ3v) is 11.3. The molecule has 3 unspecified atom stereocenters. The summed E-state index contributed by atoms with van der Waals surface area (Å²) in [4.78, 5) is 48.2. The smallest absolute Gasteiger partial charge is 0.462 e. The summed E-state index contributed by atoms with van der Waals surface area (Å²) in [5.41, 5.74) is 0. The molecule has 0 aromatic heterocycles. The van der Waals surface area contributed by atoms with Crippen LogP contribution >= 0.6 is 7.82 Å². The van der Waals surface area contributed by atoms with E-state index in [1.165, 1.54) is 38.5 Å². The van der Waals surface area contributed by atoms with Crippen LogP contribution in [0.3, 0.4) is 0 Å². The van der Waals surface area contributed by atoms with Crippen LogP contribution in [0.4, 0.5) is 0 Å². The molecule has 0 bridgehead atoms. The molecule has 0 heterocycles. The molecule has 0 aliphatic rings. The Morgan fingerprint density at radius 2 is 0.828 bits per heavy atom. The average molecular weight is 923 g/mol. The number of allylic oxidation sites excluding steroid dienone is 10. The van der Waals surface area contributed by atoms with Crippen molar-refractivity contribution < 1.29 is 52.2 Å². The van der Waals surface area contributed by atoms with Crippen molar-refractivity contribution in [1.29, 1.82) is 0 Å². The maximum atomic E-state index is 12.8. The van der Waals surface area contributed by atoms with Crippen LogP contribution in [0.25, 0.3) is 0 Å². The number of aliphatic hydroxyl groups excluding tert-OH is 1. The van der Waals surface area contributed by atoms with Crippen LogP contribution in [0.5, 0.6) is 0 Å². The molecule has 0 amide bonds. The van der Waals surface area contributed by atoms with Crippen LogP contribution in [0.2, 0.25) is 0 Å². The van der Waals surface area contributed by atoms with Crippen molar-refractivity contribution in [3.8, 4) is 0 Å². The third-order valence-electron chi connectivity index (χ3n) is 10.4. The van der Waals surface area contributed by atoms with E-state index in [2.05, 4.69) is 81.5 Å². The molecule has 0 spiro atoms. The van der Waals surface area contributed by atoms with E-state index in [0.717, 1.165) is 116 Å². The number of unbranched alkanes of at least 4 members (excludes halogenated alkanes) is 19. The van der Waals surface area contributed by atoms with E-state index in [1.807, 2.05) is 0 Å². The Bertz CT molecular complexity index is 1310. The second-order valence-electron chi connectivity index (χ2n) is 16.6. The number of hydrogen-bond donors (Lipinski definition) is 2. The maximum absolute atomic E-state index is 12.8. The summed E-state index contributed by atoms with van der Waals surface area (Å²) >= 11 is 0. The monoisotopic (exact) mass is 923 g/mol. The first kappa shape index (κ1) is 61.2. The van der Waals surface area contributed by atoms with Crippen LogP contribution in [-0.4, -0.2) is 66.5 Å². The van der Waals surface area contributed by atoms with Crippen LogP contribution in [0.1, 0.15) is 213 Å². The minimum Gasteiger partial charge on any atom is -0.462 e. The lowest BCUT2D eigenvalue weighted by atomic mass is 10.1. The fourth-order valence-corrected chi connectivity index (χ4v) is 7.30. The molecule has 3 atom stereocenters. The molecule has 0 aromatic rings. The van der Waals surface area contributed by atoms with Gasteiger partial charge in [0.15, 0.2) is 6.10 Å². The topological polar surface area (TPSA) is 155 Å². The van der Waals surface area contributed by atoms with Crippen molar-refractivity contribution in [2.45, 2.75) is 226 Å². The molecule has 0 rings (SSSR count). The van der Waals surface area contributed by atoms with Crippen LogP contribution in [0, 0.1) is 0 Å². The Labute approximate surface area is 389 Å². The highest BCUT2D eigenvalue weighted by atomic mass is 31.2. The predicted molar refractivity (Wildman–Crippen MR) is 261 cm³/mol. The minimum absolute atomic E-state index is 0.130. The summed E-state index contributed by atoms with van der Waals surface area (Å²) in [6, 6.07) is 0. The first-order valence-corrected chi connectivity index (χ1v) is 26.7. The van der Waals surface area contributed by atoms with Crippen molar-refractivity contribution in [1.82, 2.24) is 0 Å². The van der Waals surface area contributed by atoms with Crippen molar-refractivity contribution >= 4 is 25.7 Å². The van der Waals surface area contributed by atoms with E-state index < -0.39 is 57.8 Å². The number of rotatable bonds is 46. The lowest BCUT2D eigenvalue weighted by molar-refractivity contribution is -0.161. The molecule has 64 heavy (non-hydrogen) atoms. The summed E-state index contributed by atoms with van der Waals surface area (Å²) in [5.74, 6) is -1.52. The number of phosphoric acid groups is 1. The molecule has 0 saturated carbocycles. The zero-order chi connectivity index (χ0) is 47.0. The molecule has 11 nitrogen and oxygen atoms in total. The van der Waals surface area contributed by atoms with Gasteiger partial charge in [0.1, 0.15) is 12.7 Å². The zero-order valence-corrected chi connectivity index (χ0v) is 41.4. The number of phosphoric ester groups is 1. The molecule has 2 N–H and O–H groups in total. The van der Waals surface area contributed by atoms with E-state index in [0.29, 0.717) is 19.3 Å². The van der Waals surface area contributed by atoms with Gasteiger partial charge >= 0.3 is 25.7 Å². The molecule has 12 heteroatoms. The largest absolute Gasteiger partial charge is 0.472 e. The van der Waals surface area contributed by atoms with Crippen LogP contribution in [0.15, 0.2) is 60.8 Å². The number of esters is 3. The fraction of sp³-hybridized carbons (Fsp3) is 0.750. The molecular weight excluding hydrogens is 832 g/mol. The Morgan fingerprint density at radius 3 is 1.33 bits per heavy atom. The Morgan fingerprint density at radius 1 is 0.453 bits per heavy atom. The highest BCUT2D eigenvalue weighted by molar-refractivity contribution is 7.47. The van der Waals surface area contributed by atoms with E-state index in [4.69, 9.17) is 23.3 Å². The lowest BCUT2D eigenvalue weighted by Gasteiger charge is -2.21. The fourth-order valence-electron chi connectivity index (χ4n) is 6.52. The molecule has 0 aromatic carbocycles. The Hall–Kier alpha value is -2.82. The first-order chi connectivity index (χ1) is 31.2. The molecule has 0 saturated heterocycles. The van der Waals surface area contributed by atoms with Gasteiger partial charge in [-0.15, -0.1) is 0 Å². The molecule has 0 aliphatic heterocycles. The summed E-state index contributed by atoms with van der Waals surface area (Å²) < 4.78 is 39.2. The standard InChI is InChI=1S/C52H91O11P/c1-4-7-10-13-16-19-22-24-27-29-32-35-38-41-50(54)59-45-49(63-52(56)43-40-37-34-31-28-25-23-20-17-14-11-8-5-2)47-61-64(57,58)60-46-48(44-53)62-51(55)42-39-36-33-30-26-21-18-15-12-9-6-3/h8,11,15,17-20,22,25,28,48-49,53H,4-7,9-10,12-14,16,21,23-24,26-27,29-47H2,1-3H3,(H,57,58)/b11-8-,18-15-,20-17-,22-19-,28-25-. The van der Waals surface area contributed by atoms with E-state index in [-0.39, 0.29) is 25.9 Å². The summed E-state index contributed by atoms with van der Waals surface area (Å²) in [6.07, 6.45) is 47.7. The van der Waals surface area contributed by atoms with Crippen molar-refractivity contribution in [3.63, 3.8) is 0 Å². The van der Waals surface area contributed by atoms with Gasteiger partial charge < -0.3 is 24.2 Å². The highest BCUT2D eigenvalue weighted by Crippen LogP contribution is 2.43. The summed E-state index contributed by atoms with van der Waals surface area (Å²) in [5, 5.41) is 9.75. The van der Waals surface area contributed by atoms with Crippen molar-refractivity contribution in [2.24, 2.45) is 0 Å². The van der Waals surface area contributed by atoms with E-state index >= 15 is 0 Å². The number of hydrogen-bond acceptors (Lipinski definition) is 10. The van der Waals surface area contributed by atoms with Gasteiger partial charge in [-0.25, -0.2) is 4.57 Å². The second kappa shape index (κ2) is 46.7. The van der Waals surface area contributed by atoms with Gasteiger partial charge in [0.2, 0.25) is 0 Å². The van der Waals surface area contributed by atoms with Gasteiger partial charge in [-0.05, 0) is 96.3 Å². The SMILES string of the molecule is CC/C=C\C/C=C\C/C=C\CCCCCC(=O)OC(COC(=O)CCCCCCC/C=C\CCCCCC)COP(=O)(O)OCC(CO)OC(=O)CCCCCCC/C=C\CCCC. The van der Waals surface area contributed by atoms with Gasteiger partial charge in [0.05, 0.1) is 19.8 Å². The van der Waals surface area contributed by atoms with Crippen LogP contribution < -0.4 is 0 Å². The number of ether oxygens (including phenoxy) is 3. The molecular formula is C52H91O11P. The number of aliphatic hydroxyl groups is 1. The first-order valence-electron chi connectivity index (χ1n) is 25.2. The number of carbonyl (C=O) groups excluding carboxylic acids is 3. The van der Waals surface area contributed by atoms with Gasteiger partial charge in [0.25, 0.3) is 0 Å². The molecule has 0 radical (unpaired) electrons. The van der Waals surface area contributed by atoms with E-state index in [1.54, 1.807) is 0 Å². The zero-order valence-electron chi connectivity index (χ0n) is 40.5. The van der Waals surface area contributed by atoms with E-state index in [9.17, 15) is 28.9 Å². The second-order valence-corrected chi connectivity index (χ2v) is 18.0. The summed E-state index contributed by atoms with van der Waals surface area (Å²) in [6.45, 7) is 4.40. The lowest BCUT2D eigenvalue weighted by Crippen LogP contribution is -2.30. The van der Waals surface area contributed by atoms with Crippen LogP contribution in [-0.2, 0) is 42.2 Å². The van der Waals surface area contributed by atoms with Crippen molar-refractivity contribution in [2.75, 3.05) is 26.4 Å². The molecule has 0 aliphatic carbocycles. The number of carbonyl (C=O) groups is 3. The normalized spacial score (nSPS) is 14.0. The van der Waals surface area contributed by atoms with Gasteiger partial charge in [-0.1, -0.05) is 159 Å².